The third-order valence-corrected chi connectivity index (χ3v) is 5.49. The molecular weight excluding hydrogens is 344 g/mol. The van der Waals surface area contributed by atoms with E-state index in [2.05, 4.69) is 16.4 Å². The van der Waals surface area contributed by atoms with Crippen LogP contribution in [0.5, 0.6) is 5.75 Å². The van der Waals surface area contributed by atoms with Crippen LogP contribution >= 0.6 is 0 Å². The number of carboxylic acids is 1. The Bertz CT molecular complexity index is 888. The average molecular weight is 366 g/mol. The van der Waals surface area contributed by atoms with Crippen LogP contribution in [0.15, 0.2) is 36.7 Å². The third kappa shape index (κ3) is 3.39. The summed E-state index contributed by atoms with van der Waals surface area (Å²) in [5.74, 6) is -0.447. The summed E-state index contributed by atoms with van der Waals surface area (Å²) in [6.07, 6.45) is 7.61. The van der Waals surface area contributed by atoms with Crippen molar-refractivity contribution in [2.24, 2.45) is 0 Å². The van der Waals surface area contributed by atoms with Crippen molar-refractivity contribution in [3.63, 3.8) is 0 Å². The Balaban J connectivity index is 1.58. The number of ether oxygens (including phenoxy) is 1. The maximum Gasteiger partial charge on any atom is 0.329 e. The second-order valence-electron chi connectivity index (χ2n) is 7.29. The van der Waals surface area contributed by atoms with Crippen LogP contribution in [-0.2, 0) is 11.2 Å². The summed E-state index contributed by atoms with van der Waals surface area (Å²) in [4.78, 5) is 28.8. The summed E-state index contributed by atoms with van der Waals surface area (Å²) in [6, 6.07) is 7.70. The number of carbonyl (C=O) groups excluding carboxylic acids is 1. The van der Waals surface area contributed by atoms with E-state index in [4.69, 9.17) is 4.74 Å². The van der Waals surface area contributed by atoms with Gasteiger partial charge in [0.2, 0.25) is 0 Å². The molecule has 1 aromatic carbocycles. The first-order valence-electron chi connectivity index (χ1n) is 9.34. The fraction of sp³-hybridized carbons (Fsp3) is 0.381. The molecule has 27 heavy (non-hydrogen) atoms. The number of pyridine rings is 1. The Morgan fingerprint density at radius 3 is 2.67 bits per heavy atom. The Kier molecular flexibility index (Phi) is 4.56. The van der Waals surface area contributed by atoms with Gasteiger partial charge in [0.25, 0.3) is 5.91 Å². The van der Waals surface area contributed by atoms with Gasteiger partial charge in [-0.05, 0) is 42.2 Å². The van der Waals surface area contributed by atoms with Gasteiger partial charge >= 0.3 is 5.97 Å². The van der Waals surface area contributed by atoms with Gasteiger partial charge in [0.05, 0.1) is 12.2 Å². The maximum absolute atomic E-state index is 12.8. The standard InChI is InChI=1S/C21H22N2O4/c24-19(23-21(20(25)26)7-2-1-3-8-21)17-11-16(12-22-13-17)14-4-5-18-15(10-14)6-9-27-18/h4-5,10-13H,1-3,6-9H2,(H,23,24)(H,25,26). The first-order valence-corrected chi connectivity index (χ1v) is 9.34. The number of carboxylic acid groups (broad SMARTS) is 1. The van der Waals surface area contributed by atoms with E-state index in [-0.39, 0.29) is 0 Å². The molecule has 2 N–H and O–H groups in total. The van der Waals surface area contributed by atoms with Crippen LogP contribution in [-0.4, -0.2) is 34.1 Å². The molecule has 6 nitrogen and oxygen atoms in total. The molecule has 0 unspecified atom stereocenters. The van der Waals surface area contributed by atoms with E-state index in [1.165, 1.54) is 6.20 Å². The highest BCUT2D eigenvalue weighted by molar-refractivity contribution is 5.98. The predicted octanol–water partition coefficient (Wildman–Crippen LogP) is 3.20. The Labute approximate surface area is 157 Å². The number of benzene rings is 1. The molecule has 2 aromatic rings. The van der Waals surface area contributed by atoms with E-state index in [9.17, 15) is 14.7 Å². The molecule has 2 aliphatic rings. The number of rotatable bonds is 4. The summed E-state index contributed by atoms with van der Waals surface area (Å²) in [5, 5.41) is 12.4. The Morgan fingerprint density at radius 2 is 1.89 bits per heavy atom. The van der Waals surface area contributed by atoms with E-state index in [1.54, 1.807) is 12.3 Å². The molecule has 0 bridgehead atoms. The highest BCUT2D eigenvalue weighted by Gasteiger charge is 2.41. The van der Waals surface area contributed by atoms with Crippen molar-refractivity contribution in [2.45, 2.75) is 44.1 Å². The van der Waals surface area contributed by atoms with Gasteiger partial charge in [0.15, 0.2) is 0 Å². The number of nitrogens with zero attached hydrogens (tertiary/aromatic N) is 1. The summed E-state index contributed by atoms with van der Waals surface area (Å²) in [7, 11) is 0. The smallest absolute Gasteiger partial charge is 0.329 e. The minimum absolute atomic E-state index is 0.371. The molecule has 1 aliphatic carbocycles. The molecular formula is C21H22N2O4. The lowest BCUT2D eigenvalue weighted by atomic mass is 9.81. The quantitative estimate of drug-likeness (QED) is 0.867. The zero-order valence-corrected chi connectivity index (χ0v) is 15.0. The van der Waals surface area contributed by atoms with Gasteiger partial charge < -0.3 is 15.2 Å². The number of nitrogens with one attached hydrogen (secondary N) is 1. The summed E-state index contributed by atoms with van der Waals surface area (Å²) in [5.41, 5.74) is 2.14. The van der Waals surface area contributed by atoms with E-state index < -0.39 is 17.4 Å². The van der Waals surface area contributed by atoms with Gasteiger partial charge in [0, 0.05) is 24.4 Å². The van der Waals surface area contributed by atoms with Crippen molar-refractivity contribution in [3.05, 3.63) is 47.8 Å². The van der Waals surface area contributed by atoms with Crippen molar-refractivity contribution in [3.8, 4) is 16.9 Å². The number of hydrogen-bond acceptors (Lipinski definition) is 4. The van der Waals surface area contributed by atoms with Gasteiger partial charge in [-0.3, -0.25) is 9.78 Å². The van der Waals surface area contributed by atoms with Gasteiger partial charge in [-0.2, -0.15) is 0 Å². The largest absolute Gasteiger partial charge is 0.493 e. The van der Waals surface area contributed by atoms with Crippen LogP contribution in [0, 0.1) is 0 Å². The minimum Gasteiger partial charge on any atom is -0.493 e. The van der Waals surface area contributed by atoms with Crippen molar-refractivity contribution in [2.75, 3.05) is 6.61 Å². The van der Waals surface area contributed by atoms with Crippen LogP contribution < -0.4 is 10.1 Å². The number of hydrogen-bond donors (Lipinski definition) is 2. The van der Waals surface area contributed by atoms with Crippen LogP contribution in [0.3, 0.4) is 0 Å². The molecule has 1 saturated carbocycles. The first-order chi connectivity index (χ1) is 13.1. The Hall–Kier alpha value is -2.89. The Morgan fingerprint density at radius 1 is 1.07 bits per heavy atom. The van der Waals surface area contributed by atoms with Gasteiger partial charge in [0.1, 0.15) is 11.3 Å². The molecule has 1 amide bonds. The molecule has 0 radical (unpaired) electrons. The third-order valence-electron chi connectivity index (χ3n) is 5.49. The van der Waals surface area contributed by atoms with E-state index >= 15 is 0 Å². The molecule has 0 spiro atoms. The van der Waals surface area contributed by atoms with Gasteiger partial charge in [-0.15, -0.1) is 0 Å². The lowest BCUT2D eigenvalue weighted by molar-refractivity contribution is -0.145. The van der Waals surface area contributed by atoms with Gasteiger partial charge in [-0.25, -0.2) is 4.79 Å². The van der Waals surface area contributed by atoms with Crippen molar-refractivity contribution >= 4 is 11.9 Å². The number of aromatic nitrogens is 1. The fourth-order valence-electron chi connectivity index (χ4n) is 3.93. The lowest BCUT2D eigenvalue weighted by Gasteiger charge is -2.33. The monoisotopic (exact) mass is 366 g/mol. The molecule has 140 valence electrons. The van der Waals surface area contributed by atoms with E-state index in [0.717, 1.165) is 48.1 Å². The zero-order chi connectivity index (χ0) is 18.9. The highest BCUT2D eigenvalue weighted by atomic mass is 16.5. The van der Waals surface area contributed by atoms with Crippen molar-refractivity contribution in [1.82, 2.24) is 10.3 Å². The minimum atomic E-state index is -1.17. The molecule has 0 saturated heterocycles. The SMILES string of the molecule is O=C(NC1(C(=O)O)CCCCC1)c1cncc(-c2ccc3c(c2)CCO3)c1. The molecule has 6 heteroatoms. The number of fused-ring (bicyclic) bond motifs is 1. The lowest BCUT2D eigenvalue weighted by Crippen LogP contribution is -2.55. The average Bonchev–Trinajstić information content (AvgIpc) is 3.16. The number of amides is 1. The van der Waals surface area contributed by atoms with E-state index in [0.29, 0.717) is 25.0 Å². The normalized spacial score (nSPS) is 17.6. The zero-order valence-electron chi connectivity index (χ0n) is 15.0. The first kappa shape index (κ1) is 17.5. The highest BCUT2D eigenvalue weighted by Crippen LogP contribution is 2.31. The van der Waals surface area contributed by atoms with Crippen molar-refractivity contribution < 1.29 is 19.4 Å². The fourth-order valence-corrected chi connectivity index (χ4v) is 3.93. The number of aliphatic carboxylic acids is 1. The van der Waals surface area contributed by atoms with Crippen LogP contribution in [0.25, 0.3) is 11.1 Å². The molecule has 1 aliphatic heterocycles. The summed E-state index contributed by atoms with van der Waals surface area (Å²) >= 11 is 0. The molecule has 1 aromatic heterocycles. The summed E-state index contributed by atoms with van der Waals surface area (Å²) in [6.45, 7) is 0.691. The van der Waals surface area contributed by atoms with Crippen LogP contribution in [0.4, 0.5) is 0 Å². The van der Waals surface area contributed by atoms with Crippen LogP contribution in [0.2, 0.25) is 0 Å². The van der Waals surface area contributed by atoms with Crippen molar-refractivity contribution in [1.29, 1.82) is 0 Å². The van der Waals surface area contributed by atoms with Crippen LogP contribution in [0.1, 0.15) is 48.0 Å². The summed E-state index contributed by atoms with van der Waals surface area (Å²) < 4.78 is 5.53. The molecule has 0 atom stereocenters. The van der Waals surface area contributed by atoms with Gasteiger partial charge in [-0.1, -0.05) is 25.3 Å². The van der Waals surface area contributed by atoms with E-state index in [1.807, 2.05) is 12.1 Å². The molecule has 1 fully saturated rings. The number of carbonyl (C=O) groups is 2. The topological polar surface area (TPSA) is 88.5 Å². The predicted molar refractivity (Wildman–Crippen MR) is 99.8 cm³/mol. The maximum atomic E-state index is 12.8. The molecule has 2 heterocycles. The second kappa shape index (κ2) is 7.02. The molecule has 4 rings (SSSR count). The second-order valence-corrected chi connectivity index (χ2v) is 7.29.